The number of hydrogen-bond acceptors (Lipinski definition) is 0. The maximum Gasteiger partial charge on any atom is 0.159 e. The number of halogens is 2. The highest BCUT2D eigenvalue weighted by molar-refractivity contribution is 5.36. The molecule has 2 aliphatic rings. The number of benzene rings is 2. The quantitative estimate of drug-likeness (QED) is 0.401. The molecule has 1 fully saturated rings. The van der Waals surface area contributed by atoms with Gasteiger partial charge in [0.15, 0.2) is 11.6 Å². The SMILES string of the molecule is CCCCCCC1CCC(c2ccc(C3CCc4cc(F)c(F)cc4C3)cc2)CC1. The third-order valence-corrected chi connectivity index (χ3v) is 7.66. The van der Waals surface area contributed by atoms with Gasteiger partial charge < -0.3 is 0 Å². The van der Waals surface area contributed by atoms with Gasteiger partial charge in [-0.15, -0.1) is 0 Å². The predicted octanol–water partition coefficient (Wildman–Crippen LogP) is 8.48. The van der Waals surface area contributed by atoms with Crippen molar-refractivity contribution in [3.63, 3.8) is 0 Å². The Balaban J connectivity index is 1.31. The molecule has 2 aromatic carbocycles. The molecular weight excluding hydrogens is 374 g/mol. The second-order valence-corrected chi connectivity index (χ2v) is 9.71. The second-order valence-electron chi connectivity index (χ2n) is 9.71. The van der Waals surface area contributed by atoms with E-state index in [1.54, 1.807) is 0 Å². The Hall–Kier alpha value is -1.70. The summed E-state index contributed by atoms with van der Waals surface area (Å²) in [6.07, 6.45) is 15.1. The van der Waals surface area contributed by atoms with Gasteiger partial charge in [-0.2, -0.15) is 0 Å². The van der Waals surface area contributed by atoms with Crippen molar-refractivity contribution in [3.8, 4) is 0 Å². The minimum absolute atomic E-state index is 0.412. The highest BCUT2D eigenvalue weighted by Gasteiger charge is 2.24. The first kappa shape index (κ1) is 21.5. The summed E-state index contributed by atoms with van der Waals surface area (Å²) in [6.45, 7) is 2.28. The first-order chi connectivity index (χ1) is 14.6. The molecule has 0 N–H and O–H groups in total. The summed E-state index contributed by atoms with van der Waals surface area (Å²) in [5, 5.41) is 0. The van der Waals surface area contributed by atoms with Gasteiger partial charge in [-0.25, -0.2) is 8.78 Å². The van der Waals surface area contributed by atoms with Crippen LogP contribution in [0.5, 0.6) is 0 Å². The molecule has 2 heteroatoms. The minimum atomic E-state index is -0.717. The van der Waals surface area contributed by atoms with E-state index in [1.165, 1.54) is 81.0 Å². The molecule has 30 heavy (non-hydrogen) atoms. The van der Waals surface area contributed by atoms with E-state index in [-0.39, 0.29) is 0 Å². The molecule has 4 rings (SSSR count). The van der Waals surface area contributed by atoms with Crippen molar-refractivity contribution in [1.29, 1.82) is 0 Å². The fourth-order valence-corrected chi connectivity index (χ4v) is 5.72. The number of rotatable bonds is 7. The molecule has 0 amide bonds. The molecule has 1 atom stereocenters. The minimum Gasteiger partial charge on any atom is -0.204 e. The van der Waals surface area contributed by atoms with Gasteiger partial charge >= 0.3 is 0 Å². The molecule has 0 aliphatic heterocycles. The van der Waals surface area contributed by atoms with Gasteiger partial charge in [-0.3, -0.25) is 0 Å². The standard InChI is InChI=1S/C28H36F2/c1-2-3-4-5-6-20-7-9-21(10-8-20)22-11-13-23(14-12-22)24-15-16-25-18-27(29)28(30)19-26(25)17-24/h11-14,18-21,24H,2-10,15-17H2,1H3. The van der Waals surface area contributed by atoms with E-state index in [2.05, 4.69) is 31.2 Å². The summed E-state index contributed by atoms with van der Waals surface area (Å²) >= 11 is 0. The predicted molar refractivity (Wildman–Crippen MR) is 121 cm³/mol. The van der Waals surface area contributed by atoms with E-state index in [0.29, 0.717) is 5.92 Å². The smallest absolute Gasteiger partial charge is 0.159 e. The Kier molecular flexibility index (Phi) is 7.23. The molecule has 0 aromatic heterocycles. The van der Waals surface area contributed by atoms with Crippen LogP contribution in [0.1, 0.15) is 105 Å². The van der Waals surface area contributed by atoms with E-state index < -0.39 is 11.6 Å². The summed E-state index contributed by atoms with van der Waals surface area (Å²) in [7, 11) is 0. The highest BCUT2D eigenvalue weighted by atomic mass is 19.2. The molecule has 1 unspecified atom stereocenters. The normalized spacial score (nSPS) is 23.9. The van der Waals surface area contributed by atoms with Gasteiger partial charge in [0.25, 0.3) is 0 Å². The number of hydrogen-bond donors (Lipinski definition) is 0. The van der Waals surface area contributed by atoms with Crippen LogP contribution in [0.25, 0.3) is 0 Å². The lowest BCUT2D eigenvalue weighted by atomic mass is 9.76. The maximum atomic E-state index is 13.7. The van der Waals surface area contributed by atoms with Gasteiger partial charge in [-0.05, 0) is 97.1 Å². The monoisotopic (exact) mass is 410 g/mol. The van der Waals surface area contributed by atoms with Gasteiger partial charge in [-0.1, -0.05) is 63.3 Å². The van der Waals surface area contributed by atoms with Crippen LogP contribution in [0, 0.1) is 17.6 Å². The van der Waals surface area contributed by atoms with Crippen molar-refractivity contribution in [2.45, 2.75) is 95.8 Å². The summed E-state index contributed by atoms with van der Waals surface area (Å²) in [5.74, 6) is 0.647. The van der Waals surface area contributed by atoms with Crippen LogP contribution in [0.3, 0.4) is 0 Å². The Morgan fingerprint density at radius 3 is 2.03 bits per heavy atom. The fourth-order valence-electron chi connectivity index (χ4n) is 5.72. The van der Waals surface area contributed by atoms with Crippen molar-refractivity contribution >= 4 is 0 Å². The van der Waals surface area contributed by atoms with Crippen molar-refractivity contribution < 1.29 is 8.78 Å². The zero-order chi connectivity index (χ0) is 20.9. The topological polar surface area (TPSA) is 0 Å². The van der Waals surface area contributed by atoms with Crippen molar-refractivity contribution in [2.75, 3.05) is 0 Å². The second kappa shape index (κ2) is 10.1. The van der Waals surface area contributed by atoms with Crippen LogP contribution >= 0.6 is 0 Å². The molecule has 0 nitrogen and oxygen atoms in total. The average molecular weight is 411 g/mol. The molecule has 2 aliphatic carbocycles. The molecule has 2 aromatic rings. The number of fused-ring (bicyclic) bond motifs is 1. The highest BCUT2D eigenvalue weighted by Crippen LogP contribution is 2.39. The van der Waals surface area contributed by atoms with Gasteiger partial charge in [0, 0.05) is 0 Å². The van der Waals surface area contributed by atoms with Crippen molar-refractivity contribution in [3.05, 3.63) is 70.3 Å². The number of aryl methyl sites for hydroxylation is 1. The third-order valence-electron chi connectivity index (χ3n) is 7.66. The van der Waals surface area contributed by atoms with Crippen LogP contribution in [-0.2, 0) is 12.8 Å². The van der Waals surface area contributed by atoms with E-state index in [1.807, 2.05) is 0 Å². The summed E-state index contributed by atoms with van der Waals surface area (Å²) in [4.78, 5) is 0. The number of unbranched alkanes of at least 4 members (excludes halogenated alkanes) is 3. The zero-order valence-electron chi connectivity index (χ0n) is 18.4. The summed E-state index contributed by atoms with van der Waals surface area (Å²) in [5.41, 5.74) is 4.80. The first-order valence-corrected chi connectivity index (χ1v) is 12.2. The first-order valence-electron chi connectivity index (χ1n) is 12.2. The Labute approximate surface area is 181 Å². The lowest BCUT2D eigenvalue weighted by Crippen LogP contribution is -2.15. The zero-order valence-corrected chi connectivity index (χ0v) is 18.4. The average Bonchev–Trinajstić information content (AvgIpc) is 2.78. The molecule has 162 valence electrons. The van der Waals surface area contributed by atoms with Crippen molar-refractivity contribution in [2.24, 2.45) is 5.92 Å². The van der Waals surface area contributed by atoms with Crippen LogP contribution in [-0.4, -0.2) is 0 Å². The molecule has 0 heterocycles. The van der Waals surface area contributed by atoms with Crippen LogP contribution in [0.15, 0.2) is 36.4 Å². The molecule has 0 radical (unpaired) electrons. The van der Waals surface area contributed by atoms with Gasteiger partial charge in [0.1, 0.15) is 0 Å². The molecule has 0 saturated heterocycles. The fraction of sp³-hybridized carbons (Fsp3) is 0.571. The Bertz CT molecular complexity index is 815. The van der Waals surface area contributed by atoms with Crippen molar-refractivity contribution in [1.82, 2.24) is 0 Å². The van der Waals surface area contributed by atoms with E-state index in [4.69, 9.17) is 0 Å². The molecule has 0 spiro atoms. The molecule has 1 saturated carbocycles. The lowest BCUT2D eigenvalue weighted by molar-refractivity contribution is 0.302. The van der Waals surface area contributed by atoms with E-state index >= 15 is 0 Å². The Morgan fingerprint density at radius 2 is 1.37 bits per heavy atom. The van der Waals surface area contributed by atoms with Gasteiger partial charge in [0.2, 0.25) is 0 Å². The lowest BCUT2D eigenvalue weighted by Gasteiger charge is -2.29. The van der Waals surface area contributed by atoms with Crippen LogP contribution in [0.4, 0.5) is 8.78 Å². The van der Waals surface area contributed by atoms with E-state index in [0.717, 1.165) is 42.2 Å². The molecular formula is C28H36F2. The van der Waals surface area contributed by atoms with Gasteiger partial charge in [0.05, 0.1) is 0 Å². The largest absolute Gasteiger partial charge is 0.204 e. The summed E-state index contributed by atoms with van der Waals surface area (Å²) in [6, 6.07) is 12.1. The van der Waals surface area contributed by atoms with Crippen LogP contribution < -0.4 is 0 Å². The third kappa shape index (κ3) is 5.13. The van der Waals surface area contributed by atoms with Crippen LogP contribution in [0.2, 0.25) is 0 Å². The molecule has 0 bridgehead atoms. The summed E-state index contributed by atoms with van der Waals surface area (Å²) < 4.78 is 27.1. The maximum absolute atomic E-state index is 13.7. The Morgan fingerprint density at radius 1 is 0.733 bits per heavy atom. The van der Waals surface area contributed by atoms with E-state index in [9.17, 15) is 8.78 Å².